The SMILES string of the molecule is O=C(c1ccccc1Cl)N1CCN(C[C@@H](OCc2ccc(C(F)(F)F)cc2)c2ccc(Cl)cc2)CC1. The number of amides is 1. The molecule has 0 aromatic heterocycles. The van der Waals surface area contributed by atoms with Gasteiger partial charge in [-0.3, -0.25) is 9.69 Å². The van der Waals surface area contributed by atoms with E-state index < -0.39 is 11.7 Å². The van der Waals surface area contributed by atoms with Crippen molar-refractivity contribution < 1.29 is 22.7 Å². The van der Waals surface area contributed by atoms with Gasteiger partial charge in [-0.2, -0.15) is 13.2 Å². The van der Waals surface area contributed by atoms with Crippen LogP contribution in [0.3, 0.4) is 0 Å². The lowest BCUT2D eigenvalue weighted by atomic mass is 10.1. The van der Waals surface area contributed by atoms with Crippen molar-refractivity contribution in [1.82, 2.24) is 9.80 Å². The van der Waals surface area contributed by atoms with Gasteiger partial charge in [0.05, 0.1) is 28.9 Å². The largest absolute Gasteiger partial charge is 0.416 e. The second-order valence-electron chi connectivity index (χ2n) is 8.62. The molecule has 9 heteroatoms. The molecule has 0 bridgehead atoms. The number of hydrogen-bond acceptors (Lipinski definition) is 3. The number of ether oxygens (including phenoxy) is 1. The maximum atomic E-state index is 12.9. The molecule has 1 aliphatic heterocycles. The van der Waals surface area contributed by atoms with Gasteiger partial charge in [-0.25, -0.2) is 0 Å². The van der Waals surface area contributed by atoms with Crippen LogP contribution >= 0.6 is 23.2 Å². The number of benzene rings is 3. The Morgan fingerprint density at radius 3 is 2.14 bits per heavy atom. The molecular formula is C27H25Cl2F3N2O2. The van der Waals surface area contributed by atoms with Gasteiger partial charge in [0.1, 0.15) is 0 Å². The van der Waals surface area contributed by atoms with Crippen LogP contribution in [0.5, 0.6) is 0 Å². The van der Waals surface area contributed by atoms with Gasteiger partial charge >= 0.3 is 6.18 Å². The molecular weight excluding hydrogens is 512 g/mol. The van der Waals surface area contributed by atoms with Crippen molar-refractivity contribution in [2.45, 2.75) is 18.9 Å². The lowest BCUT2D eigenvalue weighted by Crippen LogP contribution is -2.49. The quantitative estimate of drug-likeness (QED) is 0.335. The summed E-state index contributed by atoms with van der Waals surface area (Å²) in [5, 5.41) is 1.04. The number of piperazine rings is 1. The molecule has 1 fully saturated rings. The fourth-order valence-electron chi connectivity index (χ4n) is 4.09. The summed E-state index contributed by atoms with van der Waals surface area (Å²) in [6, 6.07) is 19.3. The smallest absolute Gasteiger partial charge is 0.368 e. The van der Waals surface area contributed by atoms with Crippen LogP contribution in [-0.2, 0) is 17.5 Å². The third kappa shape index (κ3) is 6.79. The molecule has 4 rings (SSSR count). The van der Waals surface area contributed by atoms with Crippen LogP contribution in [0.4, 0.5) is 13.2 Å². The van der Waals surface area contributed by atoms with E-state index in [9.17, 15) is 18.0 Å². The summed E-state index contributed by atoms with van der Waals surface area (Å²) in [4.78, 5) is 16.9. The van der Waals surface area contributed by atoms with E-state index in [1.807, 2.05) is 12.1 Å². The van der Waals surface area contributed by atoms with E-state index in [-0.39, 0.29) is 18.6 Å². The molecule has 190 valence electrons. The molecule has 0 spiro atoms. The third-order valence-corrected chi connectivity index (χ3v) is 6.74. The lowest BCUT2D eigenvalue weighted by molar-refractivity contribution is -0.137. The zero-order chi connectivity index (χ0) is 25.7. The van der Waals surface area contributed by atoms with Crippen LogP contribution in [-0.4, -0.2) is 48.4 Å². The Kier molecular flexibility index (Phi) is 8.57. The summed E-state index contributed by atoms with van der Waals surface area (Å²) in [5.41, 5.74) is 1.37. The van der Waals surface area contributed by atoms with Crippen LogP contribution in [0, 0.1) is 0 Å². The van der Waals surface area contributed by atoms with Crippen LogP contribution in [0.25, 0.3) is 0 Å². The highest BCUT2D eigenvalue weighted by atomic mass is 35.5. The Morgan fingerprint density at radius 1 is 0.889 bits per heavy atom. The van der Waals surface area contributed by atoms with E-state index in [0.717, 1.165) is 17.7 Å². The van der Waals surface area contributed by atoms with E-state index >= 15 is 0 Å². The molecule has 0 saturated carbocycles. The van der Waals surface area contributed by atoms with Crippen LogP contribution < -0.4 is 0 Å². The summed E-state index contributed by atoms with van der Waals surface area (Å²) in [5.74, 6) is -0.0898. The Morgan fingerprint density at radius 2 is 1.53 bits per heavy atom. The predicted octanol–water partition coefficient (Wildman–Crippen LogP) is 6.73. The monoisotopic (exact) mass is 536 g/mol. The van der Waals surface area contributed by atoms with Crippen molar-refractivity contribution in [2.75, 3.05) is 32.7 Å². The molecule has 1 saturated heterocycles. The molecule has 1 atom stereocenters. The number of carbonyl (C=O) groups excluding carboxylic acids is 1. The Hall–Kier alpha value is -2.58. The molecule has 0 N–H and O–H groups in total. The third-order valence-electron chi connectivity index (χ3n) is 6.16. The first-order chi connectivity index (χ1) is 17.2. The van der Waals surface area contributed by atoms with E-state index in [0.29, 0.717) is 53.9 Å². The standard InChI is InChI=1S/C27H25Cl2F3N2O2/c28-22-11-7-20(8-12-22)25(36-18-19-5-9-21(10-6-19)27(30,31)32)17-33-13-15-34(16-14-33)26(35)23-3-1-2-4-24(23)29/h1-12,25H,13-18H2/t25-/m1/s1. The predicted molar refractivity (Wildman–Crippen MR) is 134 cm³/mol. The highest BCUT2D eigenvalue weighted by Gasteiger charge is 2.30. The van der Waals surface area contributed by atoms with Gasteiger partial charge in [0.15, 0.2) is 0 Å². The van der Waals surface area contributed by atoms with E-state index in [1.54, 1.807) is 41.3 Å². The first-order valence-corrected chi connectivity index (χ1v) is 12.3. The van der Waals surface area contributed by atoms with Crippen molar-refractivity contribution in [3.05, 3.63) is 105 Å². The number of carbonyl (C=O) groups is 1. The summed E-state index contributed by atoms with van der Waals surface area (Å²) in [6.07, 6.45) is -4.70. The van der Waals surface area contributed by atoms with Gasteiger partial charge in [0.25, 0.3) is 5.91 Å². The number of halogens is 5. The number of nitrogens with zero attached hydrogens (tertiary/aromatic N) is 2. The second-order valence-corrected chi connectivity index (χ2v) is 9.46. The van der Waals surface area contributed by atoms with Crippen LogP contribution in [0.2, 0.25) is 10.0 Å². The first kappa shape index (κ1) is 26.5. The van der Waals surface area contributed by atoms with Crippen molar-refractivity contribution in [3.8, 4) is 0 Å². The summed E-state index contributed by atoms with van der Waals surface area (Å²) in [6.45, 7) is 3.15. The highest BCUT2D eigenvalue weighted by Crippen LogP contribution is 2.30. The second kappa shape index (κ2) is 11.6. The van der Waals surface area contributed by atoms with Crippen molar-refractivity contribution >= 4 is 29.1 Å². The molecule has 4 nitrogen and oxygen atoms in total. The summed E-state index contributed by atoms with van der Waals surface area (Å²) >= 11 is 12.2. The molecule has 3 aromatic carbocycles. The van der Waals surface area contributed by atoms with Gasteiger partial charge < -0.3 is 9.64 Å². The minimum absolute atomic E-state index is 0.0898. The molecule has 36 heavy (non-hydrogen) atoms. The zero-order valence-corrected chi connectivity index (χ0v) is 20.9. The van der Waals surface area contributed by atoms with Gasteiger partial charge in [-0.15, -0.1) is 0 Å². The van der Waals surface area contributed by atoms with Gasteiger partial charge in [0, 0.05) is 37.7 Å². The minimum Gasteiger partial charge on any atom is -0.368 e. The van der Waals surface area contributed by atoms with Crippen molar-refractivity contribution in [3.63, 3.8) is 0 Å². The average Bonchev–Trinajstić information content (AvgIpc) is 2.87. The van der Waals surface area contributed by atoms with Crippen LogP contribution in [0.15, 0.2) is 72.8 Å². The number of hydrogen-bond donors (Lipinski definition) is 0. The van der Waals surface area contributed by atoms with Crippen molar-refractivity contribution in [1.29, 1.82) is 0 Å². The molecule has 0 radical (unpaired) electrons. The number of alkyl halides is 3. The highest BCUT2D eigenvalue weighted by molar-refractivity contribution is 6.33. The molecule has 0 aliphatic carbocycles. The first-order valence-electron chi connectivity index (χ1n) is 11.5. The Balaban J connectivity index is 1.39. The molecule has 0 unspecified atom stereocenters. The normalized spacial score (nSPS) is 15.6. The fourth-order valence-corrected chi connectivity index (χ4v) is 4.43. The molecule has 3 aromatic rings. The van der Waals surface area contributed by atoms with E-state index in [2.05, 4.69) is 4.90 Å². The Labute approximate surface area is 218 Å². The number of rotatable bonds is 7. The van der Waals surface area contributed by atoms with Crippen LogP contribution in [0.1, 0.15) is 33.2 Å². The molecule has 1 heterocycles. The Bertz CT molecular complexity index is 1160. The topological polar surface area (TPSA) is 32.8 Å². The van der Waals surface area contributed by atoms with Gasteiger partial charge in [-0.1, -0.05) is 59.6 Å². The van der Waals surface area contributed by atoms with Crippen molar-refractivity contribution in [2.24, 2.45) is 0 Å². The minimum atomic E-state index is -4.37. The molecule has 1 aliphatic rings. The maximum absolute atomic E-state index is 12.9. The van der Waals surface area contributed by atoms with Gasteiger partial charge in [0.2, 0.25) is 0 Å². The van der Waals surface area contributed by atoms with Gasteiger partial charge in [-0.05, 0) is 47.5 Å². The summed E-state index contributed by atoms with van der Waals surface area (Å²) < 4.78 is 44.8. The molecule has 1 amide bonds. The van der Waals surface area contributed by atoms with E-state index in [4.69, 9.17) is 27.9 Å². The van der Waals surface area contributed by atoms with E-state index in [1.165, 1.54) is 12.1 Å². The zero-order valence-electron chi connectivity index (χ0n) is 19.3. The fraction of sp³-hybridized carbons (Fsp3) is 0.296. The summed E-state index contributed by atoms with van der Waals surface area (Å²) in [7, 11) is 0. The average molecular weight is 537 g/mol. The maximum Gasteiger partial charge on any atom is 0.416 e. The lowest BCUT2D eigenvalue weighted by Gasteiger charge is -2.36.